The molecule has 2 aromatic heterocycles. The fourth-order valence-electron chi connectivity index (χ4n) is 4.53. The first kappa shape index (κ1) is 34.9. The van der Waals surface area contributed by atoms with E-state index in [2.05, 4.69) is 71.0 Å². The van der Waals surface area contributed by atoms with Crippen LogP contribution in [0.1, 0.15) is 68.4 Å². The van der Waals surface area contributed by atoms with Gasteiger partial charge in [0.25, 0.3) is 17.7 Å². The van der Waals surface area contributed by atoms with Crippen LogP contribution in [0.3, 0.4) is 0 Å². The van der Waals surface area contributed by atoms with Crippen LogP contribution in [0.5, 0.6) is 0 Å². The molecule has 3 amide bonds. The standard InChI is InChI=1S/C33H42N6O5S/c1-20(2)17-25-21(3)11-8-12-24(25)13-9-15-34-33-36-22(4)29(23(5)37-33)31(42)38-26(32(43)44-19-28(40)39(6)7)18-35-30(41)27-14-10-16-45-27/h8,10-12,14,16-17,26H,9,13,15,18-19H2,1-7H3,(H,35,41)(H,38,42)(H,34,36,37). The van der Waals surface area contributed by atoms with Gasteiger partial charge in [-0.2, -0.15) is 0 Å². The predicted octanol–water partition coefficient (Wildman–Crippen LogP) is 4.09. The van der Waals surface area contributed by atoms with Gasteiger partial charge in [0.05, 0.1) is 21.8 Å². The summed E-state index contributed by atoms with van der Waals surface area (Å²) in [4.78, 5) is 61.4. The van der Waals surface area contributed by atoms with Gasteiger partial charge < -0.3 is 25.6 Å². The third-order valence-electron chi connectivity index (χ3n) is 6.89. The zero-order valence-electron chi connectivity index (χ0n) is 26.9. The van der Waals surface area contributed by atoms with Crippen molar-refractivity contribution >= 4 is 47.1 Å². The summed E-state index contributed by atoms with van der Waals surface area (Å²) in [5.74, 6) is -1.89. The number of nitrogens with one attached hydrogen (secondary N) is 3. The van der Waals surface area contributed by atoms with Crippen molar-refractivity contribution in [1.29, 1.82) is 0 Å². The minimum Gasteiger partial charge on any atom is -0.454 e. The van der Waals surface area contributed by atoms with Gasteiger partial charge in [0.15, 0.2) is 6.61 Å². The topological polar surface area (TPSA) is 143 Å². The minimum atomic E-state index is -1.26. The highest BCUT2D eigenvalue weighted by Crippen LogP contribution is 2.20. The lowest BCUT2D eigenvalue weighted by molar-refractivity contribution is -0.152. The molecule has 3 N–H and O–H groups in total. The number of allylic oxidation sites excluding steroid dienone is 1. The summed E-state index contributed by atoms with van der Waals surface area (Å²) < 4.78 is 5.15. The molecule has 1 aromatic carbocycles. The van der Waals surface area contributed by atoms with E-state index in [-0.39, 0.29) is 12.1 Å². The van der Waals surface area contributed by atoms with Crippen LogP contribution in [-0.4, -0.2) is 78.4 Å². The normalized spacial score (nSPS) is 11.3. The number of benzene rings is 1. The predicted molar refractivity (Wildman–Crippen MR) is 176 cm³/mol. The maximum absolute atomic E-state index is 13.4. The molecule has 11 nitrogen and oxygen atoms in total. The van der Waals surface area contributed by atoms with Gasteiger partial charge in [-0.3, -0.25) is 14.4 Å². The highest BCUT2D eigenvalue weighted by Gasteiger charge is 2.27. The number of nitrogens with zero attached hydrogens (tertiary/aromatic N) is 3. The molecular formula is C33H42N6O5S. The van der Waals surface area contributed by atoms with Crippen LogP contribution in [0.2, 0.25) is 0 Å². The van der Waals surface area contributed by atoms with Gasteiger partial charge in [0, 0.05) is 27.2 Å². The number of amides is 3. The molecule has 45 heavy (non-hydrogen) atoms. The number of hydrogen-bond donors (Lipinski definition) is 3. The molecular weight excluding hydrogens is 592 g/mol. The van der Waals surface area contributed by atoms with Crippen molar-refractivity contribution < 1.29 is 23.9 Å². The number of aryl methyl sites for hydroxylation is 4. The SMILES string of the molecule is CC(C)=Cc1c(C)cccc1CCCNc1nc(C)c(C(=O)NC(CNC(=O)c2cccs2)C(=O)OCC(=O)N(C)C)c(C)n1. The molecule has 2 heterocycles. The summed E-state index contributed by atoms with van der Waals surface area (Å²) in [6.45, 7) is 9.57. The first-order chi connectivity index (χ1) is 21.4. The Bertz CT molecular complexity index is 1520. The van der Waals surface area contributed by atoms with E-state index in [0.717, 1.165) is 12.8 Å². The maximum atomic E-state index is 13.4. The fourth-order valence-corrected chi connectivity index (χ4v) is 5.17. The number of esters is 1. The second kappa shape index (κ2) is 16.5. The number of anilines is 1. The Labute approximate surface area is 268 Å². The summed E-state index contributed by atoms with van der Waals surface area (Å²) in [7, 11) is 3.07. The zero-order valence-corrected chi connectivity index (χ0v) is 27.8. The van der Waals surface area contributed by atoms with Crippen molar-refractivity contribution in [3.63, 3.8) is 0 Å². The van der Waals surface area contributed by atoms with Crippen molar-refractivity contribution in [1.82, 2.24) is 25.5 Å². The lowest BCUT2D eigenvalue weighted by Gasteiger charge is -2.20. The van der Waals surface area contributed by atoms with Crippen molar-refractivity contribution in [2.45, 2.75) is 53.5 Å². The van der Waals surface area contributed by atoms with Crippen LogP contribution in [0.15, 0.2) is 41.3 Å². The van der Waals surface area contributed by atoms with Crippen LogP contribution in [0, 0.1) is 20.8 Å². The zero-order chi connectivity index (χ0) is 33.1. The minimum absolute atomic E-state index is 0.207. The van der Waals surface area contributed by atoms with E-state index in [1.807, 2.05) is 0 Å². The maximum Gasteiger partial charge on any atom is 0.331 e. The van der Waals surface area contributed by atoms with Gasteiger partial charge in [0.1, 0.15) is 6.04 Å². The summed E-state index contributed by atoms with van der Waals surface area (Å²) in [6.07, 6.45) is 3.95. The molecule has 0 fully saturated rings. The van der Waals surface area contributed by atoms with E-state index in [9.17, 15) is 19.2 Å². The van der Waals surface area contributed by atoms with E-state index in [1.54, 1.807) is 31.4 Å². The third-order valence-corrected chi connectivity index (χ3v) is 7.76. The van der Waals surface area contributed by atoms with Gasteiger partial charge in [-0.15, -0.1) is 11.3 Å². The molecule has 0 aliphatic carbocycles. The number of carbonyl (C=O) groups excluding carboxylic acids is 4. The van der Waals surface area contributed by atoms with E-state index in [4.69, 9.17) is 4.74 Å². The fraction of sp³-hybridized carbons (Fsp3) is 0.394. The lowest BCUT2D eigenvalue weighted by Crippen LogP contribution is -2.50. The average Bonchev–Trinajstić information content (AvgIpc) is 3.52. The Kier molecular flexibility index (Phi) is 12.8. The molecule has 0 radical (unpaired) electrons. The molecule has 1 atom stereocenters. The molecule has 240 valence electrons. The number of ether oxygens (including phenoxy) is 1. The Morgan fingerprint density at radius 2 is 1.71 bits per heavy atom. The molecule has 3 rings (SSSR count). The highest BCUT2D eigenvalue weighted by atomic mass is 32.1. The van der Waals surface area contributed by atoms with E-state index >= 15 is 0 Å². The number of rotatable bonds is 14. The van der Waals surface area contributed by atoms with Crippen LogP contribution in [0.25, 0.3) is 6.08 Å². The Morgan fingerprint density at radius 3 is 2.33 bits per heavy atom. The largest absolute Gasteiger partial charge is 0.454 e. The van der Waals surface area contributed by atoms with Crippen LogP contribution in [0.4, 0.5) is 5.95 Å². The van der Waals surface area contributed by atoms with Gasteiger partial charge in [-0.25, -0.2) is 14.8 Å². The van der Waals surface area contributed by atoms with Gasteiger partial charge >= 0.3 is 5.97 Å². The molecule has 0 aliphatic heterocycles. The second-order valence-electron chi connectivity index (χ2n) is 11.1. The Balaban J connectivity index is 1.66. The van der Waals surface area contributed by atoms with Crippen molar-refractivity contribution in [3.8, 4) is 0 Å². The smallest absolute Gasteiger partial charge is 0.331 e. The monoisotopic (exact) mass is 634 g/mol. The molecule has 1 unspecified atom stereocenters. The molecule has 0 aliphatic rings. The molecule has 0 saturated carbocycles. The number of aromatic nitrogens is 2. The Hall–Kier alpha value is -4.58. The number of thiophene rings is 1. The molecule has 3 aromatic rings. The van der Waals surface area contributed by atoms with Crippen LogP contribution < -0.4 is 16.0 Å². The number of likely N-dealkylation sites (N-methyl/N-ethyl adjacent to an activating group) is 1. The first-order valence-electron chi connectivity index (χ1n) is 14.7. The van der Waals surface area contributed by atoms with Gasteiger partial charge in [-0.05, 0) is 75.6 Å². The molecule has 12 heteroatoms. The lowest BCUT2D eigenvalue weighted by atomic mass is 9.97. The summed E-state index contributed by atoms with van der Waals surface area (Å²) in [6, 6.07) is 8.46. The van der Waals surface area contributed by atoms with E-state index in [0.29, 0.717) is 28.8 Å². The molecule has 0 saturated heterocycles. The van der Waals surface area contributed by atoms with Gasteiger partial charge in [0.2, 0.25) is 5.95 Å². The van der Waals surface area contributed by atoms with Gasteiger partial charge in [-0.1, -0.05) is 35.9 Å². The first-order valence-corrected chi connectivity index (χ1v) is 15.6. The van der Waals surface area contributed by atoms with Crippen molar-refractivity contribution in [2.24, 2.45) is 0 Å². The summed E-state index contributed by atoms with van der Waals surface area (Å²) >= 11 is 1.24. The highest BCUT2D eigenvalue weighted by molar-refractivity contribution is 7.12. The van der Waals surface area contributed by atoms with Crippen molar-refractivity contribution in [2.75, 3.05) is 39.1 Å². The molecule has 0 spiro atoms. The second-order valence-corrected chi connectivity index (χ2v) is 12.0. The van der Waals surface area contributed by atoms with E-state index < -0.39 is 36.3 Å². The van der Waals surface area contributed by atoms with E-state index in [1.165, 1.54) is 52.6 Å². The van der Waals surface area contributed by atoms with Crippen LogP contribution in [-0.2, 0) is 20.7 Å². The summed E-state index contributed by atoms with van der Waals surface area (Å²) in [5.41, 5.74) is 6.08. The number of carbonyl (C=O) groups is 4. The molecule has 0 bridgehead atoms. The van der Waals surface area contributed by atoms with Crippen LogP contribution >= 0.6 is 11.3 Å². The quantitative estimate of drug-likeness (QED) is 0.178. The Morgan fingerprint density at radius 1 is 1.00 bits per heavy atom. The third kappa shape index (κ3) is 10.2. The summed E-state index contributed by atoms with van der Waals surface area (Å²) in [5, 5.41) is 10.3. The van der Waals surface area contributed by atoms with Crippen molar-refractivity contribution in [3.05, 3.63) is 79.8 Å². The average molecular weight is 635 g/mol. The number of hydrogen-bond acceptors (Lipinski definition) is 9.